The Labute approximate surface area is 142 Å². The second-order valence-corrected chi connectivity index (χ2v) is 6.32. The number of hydrogen-bond acceptors (Lipinski definition) is 3. The number of carbonyl (C=O) groups excluding carboxylic acids is 1. The Bertz CT molecular complexity index is 797. The minimum Gasteiger partial charge on any atom is -0.306 e. The summed E-state index contributed by atoms with van der Waals surface area (Å²) in [4.78, 5) is 25.3. The van der Waals surface area contributed by atoms with Crippen LogP contribution in [-0.4, -0.2) is 16.9 Å². The Morgan fingerprint density at radius 3 is 2.25 bits per heavy atom. The number of nitro benzene ring substituents is 1. The molecule has 0 aliphatic carbocycles. The van der Waals surface area contributed by atoms with Crippen LogP contribution in [0.4, 0.5) is 11.4 Å². The van der Waals surface area contributed by atoms with Crippen molar-refractivity contribution in [2.24, 2.45) is 0 Å². The summed E-state index contributed by atoms with van der Waals surface area (Å²) in [6, 6.07) is 10.3. The third-order valence-corrected chi connectivity index (χ3v) is 4.01. The number of anilines is 1. The first-order valence-corrected chi connectivity index (χ1v) is 7.88. The monoisotopic (exact) mass is 326 g/mol. The standard InChI is InChI=1S/C19H22N2O3/c1-12(2)20(18-10-13(3)6-7-14(18)4)19(22)17-9-8-16(21(23)24)11-15(17)5/h6-12H,1-5H3. The number of non-ortho nitro benzene ring substituents is 1. The molecule has 1 amide bonds. The van der Waals surface area contributed by atoms with E-state index in [4.69, 9.17) is 0 Å². The molecule has 0 N–H and O–H groups in total. The van der Waals surface area contributed by atoms with Crippen molar-refractivity contribution in [1.82, 2.24) is 0 Å². The normalized spacial score (nSPS) is 10.8. The van der Waals surface area contributed by atoms with Gasteiger partial charge in [-0.1, -0.05) is 12.1 Å². The van der Waals surface area contributed by atoms with Gasteiger partial charge in [0.15, 0.2) is 0 Å². The zero-order chi connectivity index (χ0) is 18.0. The molecule has 0 atom stereocenters. The quantitative estimate of drug-likeness (QED) is 0.610. The van der Waals surface area contributed by atoms with Crippen LogP contribution in [0.3, 0.4) is 0 Å². The van der Waals surface area contributed by atoms with Crippen molar-refractivity contribution in [3.8, 4) is 0 Å². The van der Waals surface area contributed by atoms with Gasteiger partial charge in [0.2, 0.25) is 0 Å². The molecule has 0 saturated heterocycles. The van der Waals surface area contributed by atoms with Crippen molar-refractivity contribution >= 4 is 17.3 Å². The molecule has 0 unspecified atom stereocenters. The molecule has 2 aromatic carbocycles. The van der Waals surface area contributed by atoms with Gasteiger partial charge in [0, 0.05) is 29.4 Å². The molecule has 2 aromatic rings. The van der Waals surface area contributed by atoms with E-state index < -0.39 is 4.92 Å². The van der Waals surface area contributed by atoms with Crippen LogP contribution in [0.15, 0.2) is 36.4 Å². The molecule has 24 heavy (non-hydrogen) atoms. The summed E-state index contributed by atoms with van der Waals surface area (Å²) in [5, 5.41) is 10.9. The van der Waals surface area contributed by atoms with E-state index in [-0.39, 0.29) is 17.6 Å². The highest BCUT2D eigenvalue weighted by atomic mass is 16.6. The first-order chi connectivity index (χ1) is 11.2. The number of carbonyl (C=O) groups is 1. The van der Waals surface area contributed by atoms with Gasteiger partial charge in [0.25, 0.3) is 11.6 Å². The lowest BCUT2D eigenvalue weighted by Gasteiger charge is -2.29. The summed E-state index contributed by atoms with van der Waals surface area (Å²) in [5.74, 6) is -0.147. The second-order valence-electron chi connectivity index (χ2n) is 6.32. The van der Waals surface area contributed by atoms with E-state index in [1.807, 2.05) is 45.9 Å². The highest BCUT2D eigenvalue weighted by molar-refractivity contribution is 6.08. The van der Waals surface area contributed by atoms with Crippen LogP contribution in [0.2, 0.25) is 0 Å². The van der Waals surface area contributed by atoms with Gasteiger partial charge < -0.3 is 4.90 Å². The summed E-state index contributed by atoms with van der Waals surface area (Å²) in [6.45, 7) is 9.60. The van der Waals surface area contributed by atoms with E-state index >= 15 is 0 Å². The molecular formula is C19H22N2O3. The Morgan fingerprint density at radius 1 is 1.04 bits per heavy atom. The fourth-order valence-electron chi connectivity index (χ4n) is 2.73. The van der Waals surface area contributed by atoms with Crippen molar-refractivity contribution in [2.45, 2.75) is 40.7 Å². The van der Waals surface area contributed by atoms with Crippen LogP contribution >= 0.6 is 0 Å². The van der Waals surface area contributed by atoms with E-state index in [1.54, 1.807) is 11.8 Å². The van der Waals surface area contributed by atoms with Gasteiger partial charge in [-0.25, -0.2) is 0 Å². The van der Waals surface area contributed by atoms with Crippen LogP contribution in [0.5, 0.6) is 0 Å². The summed E-state index contributed by atoms with van der Waals surface area (Å²) in [7, 11) is 0. The van der Waals surface area contributed by atoms with Crippen LogP contribution in [0.1, 0.15) is 40.9 Å². The lowest BCUT2D eigenvalue weighted by molar-refractivity contribution is -0.384. The average Bonchev–Trinajstić information content (AvgIpc) is 2.50. The third-order valence-electron chi connectivity index (χ3n) is 4.01. The topological polar surface area (TPSA) is 63.5 Å². The fourth-order valence-corrected chi connectivity index (χ4v) is 2.73. The number of aryl methyl sites for hydroxylation is 3. The lowest BCUT2D eigenvalue weighted by atomic mass is 10.0. The van der Waals surface area contributed by atoms with E-state index in [0.717, 1.165) is 16.8 Å². The van der Waals surface area contributed by atoms with Crippen LogP contribution in [0, 0.1) is 30.9 Å². The lowest BCUT2D eigenvalue weighted by Crippen LogP contribution is -2.38. The molecule has 0 heterocycles. The Kier molecular flexibility index (Phi) is 5.02. The number of nitrogens with zero attached hydrogens (tertiary/aromatic N) is 2. The number of amides is 1. The SMILES string of the molecule is Cc1ccc(C)c(N(C(=O)c2ccc([N+](=O)[O-])cc2C)C(C)C)c1. The van der Waals surface area contributed by atoms with Crippen molar-refractivity contribution in [2.75, 3.05) is 4.90 Å². The predicted molar refractivity (Wildman–Crippen MR) is 95.7 cm³/mol. The molecule has 5 heteroatoms. The predicted octanol–water partition coefficient (Wildman–Crippen LogP) is 4.58. The first-order valence-electron chi connectivity index (χ1n) is 7.88. The molecule has 5 nitrogen and oxygen atoms in total. The van der Waals surface area contributed by atoms with Gasteiger partial charge in [-0.15, -0.1) is 0 Å². The first kappa shape index (κ1) is 17.7. The molecule has 0 aliphatic heterocycles. The van der Waals surface area contributed by atoms with E-state index in [1.165, 1.54) is 18.2 Å². The van der Waals surface area contributed by atoms with Crippen molar-refractivity contribution < 1.29 is 9.72 Å². The Morgan fingerprint density at radius 2 is 1.71 bits per heavy atom. The van der Waals surface area contributed by atoms with E-state index in [2.05, 4.69) is 0 Å². The largest absolute Gasteiger partial charge is 0.306 e. The van der Waals surface area contributed by atoms with E-state index in [9.17, 15) is 14.9 Å². The maximum absolute atomic E-state index is 13.1. The summed E-state index contributed by atoms with van der Waals surface area (Å²) in [6.07, 6.45) is 0. The number of rotatable bonds is 4. The minimum absolute atomic E-state index is 0.00752. The molecule has 0 spiro atoms. The van der Waals surface area contributed by atoms with Crippen LogP contribution < -0.4 is 4.90 Å². The van der Waals surface area contributed by atoms with Crippen LogP contribution in [-0.2, 0) is 0 Å². The maximum atomic E-state index is 13.1. The van der Waals surface area contributed by atoms with Gasteiger partial charge in [0.05, 0.1) is 4.92 Å². The van der Waals surface area contributed by atoms with Crippen molar-refractivity contribution in [3.63, 3.8) is 0 Å². The summed E-state index contributed by atoms with van der Waals surface area (Å²) in [5.41, 5.74) is 4.04. The Balaban J connectivity index is 2.51. The van der Waals surface area contributed by atoms with Crippen molar-refractivity contribution in [3.05, 3.63) is 68.8 Å². The van der Waals surface area contributed by atoms with Gasteiger partial charge in [-0.2, -0.15) is 0 Å². The number of benzene rings is 2. The third kappa shape index (κ3) is 3.45. The smallest absolute Gasteiger partial charge is 0.269 e. The number of nitro groups is 1. The van der Waals surface area contributed by atoms with Gasteiger partial charge in [-0.3, -0.25) is 14.9 Å². The average molecular weight is 326 g/mol. The molecule has 0 radical (unpaired) electrons. The van der Waals surface area contributed by atoms with E-state index in [0.29, 0.717) is 11.1 Å². The molecular weight excluding hydrogens is 304 g/mol. The van der Waals surface area contributed by atoms with Gasteiger partial charge in [-0.05, 0) is 63.4 Å². The molecule has 0 bridgehead atoms. The van der Waals surface area contributed by atoms with Gasteiger partial charge in [0.1, 0.15) is 0 Å². The Hall–Kier alpha value is -2.69. The summed E-state index contributed by atoms with van der Waals surface area (Å²) < 4.78 is 0. The highest BCUT2D eigenvalue weighted by Gasteiger charge is 2.24. The molecule has 2 rings (SSSR count). The highest BCUT2D eigenvalue weighted by Crippen LogP contribution is 2.27. The van der Waals surface area contributed by atoms with Gasteiger partial charge >= 0.3 is 0 Å². The zero-order valence-electron chi connectivity index (χ0n) is 14.7. The number of hydrogen-bond donors (Lipinski definition) is 0. The van der Waals surface area contributed by atoms with Crippen LogP contribution in [0.25, 0.3) is 0 Å². The maximum Gasteiger partial charge on any atom is 0.269 e. The molecule has 0 saturated carbocycles. The fraction of sp³-hybridized carbons (Fsp3) is 0.316. The molecule has 0 aliphatic rings. The van der Waals surface area contributed by atoms with Crippen molar-refractivity contribution in [1.29, 1.82) is 0 Å². The zero-order valence-corrected chi connectivity index (χ0v) is 14.7. The minimum atomic E-state index is -0.452. The molecule has 126 valence electrons. The molecule has 0 aromatic heterocycles. The second kappa shape index (κ2) is 6.83. The molecule has 0 fully saturated rings. The summed E-state index contributed by atoms with van der Waals surface area (Å²) >= 11 is 0.